The second-order valence-electron chi connectivity index (χ2n) is 7.14. The van der Waals surface area contributed by atoms with E-state index in [1.165, 1.54) is 7.11 Å². The lowest BCUT2D eigenvalue weighted by molar-refractivity contribution is 0.182. The Labute approximate surface area is 167 Å². The Morgan fingerprint density at radius 3 is 2.64 bits per heavy atom. The van der Waals surface area contributed by atoms with Crippen molar-refractivity contribution in [2.75, 3.05) is 26.1 Å². The molecular formula is C21H30O6S. The first-order valence-electron chi connectivity index (χ1n) is 9.52. The largest absolute Gasteiger partial charge is 0.507 e. The number of phenolic OH excluding ortho intramolecular Hbond substituents is 1. The van der Waals surface area contributed by atoms with E-state index < -0.39 is 27.8 Å². The van der Waals surface area contributed by atoms with Crippen LogP contribution in [0.2, 0.25) is 0 Å². The quantitative estimate of drug-likeness (QED) is 0.512. The Balaban J connectivity index is 2.20. The topological polar surface area (TPSA) is 104 Å². The number of aromatic hydroxyl groups is 1. The molecule has 6 nitrogen and oxygen atoms in total. The number of hydrogen-bond acceptors (Lipinski definition) is 6. The minimum absolute atomic E-state index is 0.123. The fraction of sp³-hybridized carbons (Fsp3) is 0.524. The number of sulfone groups is 1. The van der Waals surface area contributed by atoms with Gasteiger partial charge in [-0.1, -0.05) is 43.2 Å². The van der Waals surface area contributed by atoms with Crippen molar-refractivity contribution in [2.45, 2.75) is 44.0 Å². The summed E-state index contributed by atoms with van der Waals surface area (Å²) in [6.45, 7) is 1.63. The molecule has 0 radical (unpaired) electrons. The molecule has 0 fully saturated rings. The third-order valence-corrected chi connectivity index (χ3v) is 7.03. The fourth-order valence-corrected chi connectivity index (χ4v) is 5.58. The van der Waals surface area contributed by atoms with Gasteiger partial charge >= 0.3 is 0 Å². The number of benzene rings is 1. The number of rotatable bonds is 10. The monoisotopic (exact) mass is 410 g/mol. The number of para-hydroxylation sites is 1. The Morgan fingerprint density at radius 1 is 1.32 bits per heavy atom. The molecule has 1 aromatic rings. The molecule has 1 heterocycles. The van der Waals surface area contributed by atoms with Crippen LogP contribution in [0.15, 0.2) is 41.0 Å². The van der Waals surface area contributed by atoms with Crippen molar-refractivity contribution < 1.29 is 28.5 Å². The van der Waals surface area contributed by atoms with Gasteiger partial charge in [0.1, 0.15) is 11.0 Å². The van der Waals surface area contributed by atoms with E-state index >= 15 is 0 Å². The number of ether oxygens (including phenoxy) is 1. The second kappa shape index (κ2) is 10.2. The SMILES string of the molecule is CCC/C(=C\c1ccccc1O)CC[C@@H](O)C1=C(COC)CS(=O)(=O)[C@H]1CO. The van der Waals surface area contributed by atoms with Gasteiger partial charge in [-0.2, -0.15) is 0 Å². The van der Waals surface area contributed by atoms with Gasteiger partial charge in [0.25, 0.3) is 0 Å². The summed E-state index contributed by atoms with van der Waals surface area (Å²) in [5, 5.41) is 29.3. The highest BCUT2D eigenvalue weighted by molar-refractivity contribution is 7.92. The molecule has 28 heavy (non-hydrogen) atoms. The minimum atomic E-state index is -3.52. The van der Waals surface area contributed by atoms with Gasteiger partial charge in [-0.05, 0) is 36.5 Å². The lowest BCUT2D eigenvalue weighted by atomic mass is 9.93. The Morgan fingerprint density at radius 2 is 2.04 bits per heavy atom. The molecule has 0 saturated heterocycles. The smallest absolute Gasteiger partial charge is 0.163 e. The number of hydrogen-bond donors (Lipinski definition) is 3. The van der Waals surface area contributed by atoms with Gasteiger partial charge in [0.15, 0.2) is 9.84 Å². The normalized spacial score (nSPS) is 20.6. The van der Waals surface area contributed by atoms with Crippen LogP contribution in [-0.4, -0.2) is 61.2 Å². The zero-order valence-electron chi connectivity index (χ0n) is 16.5. The molecule has 1 aliphatic rings. The number of phenols is 1. The van der Waals surface area contributed by atoms with Gasteiger partial charge < -0.3 is 20.1 Å². The average molecular weight is 411 g/mol. The first kappa shape index (κ1) is 22.6. The molecule has 2 atom stereocenters. The molecule has 0 unspecified atom stereocenters. The summed E-state index contributed by atoms with van der Waals surface area (Å²) < 4.78 is 29.7. The highest BCUT2D eigenvalue weighted by Gasteiger charge is 2.40. The average Bonchev–Trinajstić information content (AvgIpc) is 2.91. The predicted octanol–water partition coefficient (Wildman–Crippen LogP) is 2.45. The number of aliphatic hydroxyl groups excluding tert-OH is 2. The molecule has 0 amide bonds. The molecule has 0 bridgehead atoms. The maximum atomic E-state index is 12.3. The van der Waals surface area contributed by atoms with Crippen molar-refractivity contribution in [3.63, 3.8) is 0 Å². The lowest BCUT2D eigenvalue weighted by Crippen LogP contribution is -2.29. The summed E-state index contributed by atoms with van der Waals surface area (Å²) in [4.78, 5) is 0. The van der Waals surface area contributed by atoms with Crippen molar-refractivity contribution in [1.82, 2.24) is 0 Å². The van der Waals surface area contributed by atoms with Crippen LogP contribution in [0.1, 0.15) is 38.2 Å². The van der Waals surface area contributed by atoms with Crippen molar-refractivity contribution in [2.24, 2.45) is 0 Å². The first-order chi connectivity index (χ1) is 13.3. The first-order valence-corrected chi connectivity index (χ1v) is 11.2. The van der Waals surface area contributed by atoms with Gasteiger partial charge in [0, 0.05) is 12.7 Å². The van der Waals surface area contributed by atoms with E-state index in [1.807, 2.05) is 18.2 Å². The van der Waals surface area contributed by atoms with E-state index in [-0.39, 0.29) is 18.1 Å². The van der Waals surface area contributed by atoms with Crippen LogP contribution in [0, 0.1) is 0 Å². The van der Waals surface area contributed by atoms with Crippen LogP contribution >= 0.6 is 0 Å². The predicted molar refractivity (Wildman–Crippen MR) is 110 cm³/mol. The number of methoxy groups -OCH3 is 1. The highest BCUT2D eigenvalue weighted by Crippen LogP contribution is 2.32. The Bertz CT molecular complexity index is 825. The summed E-state index contributed by atoms with van der Waals surface area (Å²) >= 11 is 0. The molecule has 7 heteroatoms. The minimum Gasteiger partial charge on any atom is -0.507 e. The van der Waals surface area contributed by atoms with Crippen molar-refractivity contribution in [3.05, 3.63) is 46.5 Å². The summed E-state index contributed by atoms with van der Waals surface area (Å²) in [6, 6.07) is 7.06. The van der Waals surface area contributed by atoms with E-state index in [1.54, 1.807) is 12.1 Å². The third kappa shape index (κ3) is 5.44. The van der Waals surface area contributed by atoms with Gasteiger partial charge in [0.05, 0.1) is 25.1 Å². The Hall–Kier alpha value is -1.67. The van der Waals surface area contributed by atoms with Crippen LogP contribution < -0.4 is 0 Å². The molecular weight excluding hydrogens is 380 g/mol. The maximum absolute atomic E-state index is 12.3. The third-order valence-electron chi connectivity index (χ3n) is 5.01. The van der Waals surface area contributed by atoms with Crippen LogP contribution in [0.3, 0.4) is 0 Å². The summed E-state index contributed by atoms with van der Waals surface area (Å²) in [7, 11) is -2.04. The van der Waals surface area contributed by atoms with Crippen LogP contribution in [0.4, 0.5) is 0 Å². The van der Waals surface area contributed by atoms with Crippen LogP contribution in [0.25, 0.3) is 6.08 Å². The molecule has 1 aliphatic heterocycles. The van der Waals surface area contributed by atoms with Crippen LogP contribution in [0.5, 0.6) is 5.75 Å². The van der Waals surface area contributed by atoms with E-state index in [4.69, 9.17) is 4.74 Å². The van der Waals surface area contributed by atoms with Crippen molar-refractivity contribution >= 4 is 15.9 Å². The van der Waals surface area contributed by atoms with E-state index in [0.717, 1.165) is 24.0 Å². The molecule has 156 valence electrons. The van der Waals surface area contributed by atoms with Crippen molar-refractivity contribution in [1.29, 1.82) is 0 Å². The lowest BCUT2D eigenvalue weighted by Gasteiger charge is -2.19. The molecule has 0 spiro atoms. The Kier molecular flexibility index (Phi) is 8.24. The molecule has 1 aromatic carbocycles. The maximum Gasteiger partial charge on any atom is 0.163 e. The van der Waals surface area contributed by atoms with Gasteiger partial charge in [0.2, 0.25) is 0 Å². The van der Waals surface area contributed by atoms with Gasteiger partial charge in [-0.25, -0.2) is 8.42 Å². The summed E-state index contributed by atoms with van der Waals surface area (Å²) in [5.41, 5.74) is 2.70. The fourth-order valence-electron chi connectivity index (χ4n) is 3.71. The summed E-state index contributed by atoms with van der Waals surface area (Å²) in [6.07, 6.45) is 3.59. The van der Waals surface area contributed by atoms with Crippen LogP contribution in [-0.2, 0) is 14.6 Å². The zero-order chi connectivity index (χ0) is 20.7. The van der Waals surface area contributed by atoms with E-state index in [9.17, 15) is 23.7 Å². The molecule has 2 rings (SSSR count). The number of aliphatic hydroxyl groups is 2. The van der Waals surface area contributed by atoms with Gasteiger partial charge in [-0.15, -0.1) is 0 Å². The molecule has 0 aliphatic carbocycles. The van der Waals surface area contributed by atoms with Crippen molar-refractivity contribution in [3.8, 4) is 5.75 Å². The van der Waals surface area contributed by atoms with E-state index in [2.05, 4.69) is 6.92 Å². The molecule has 0 saturated carbocycles. The summed E-state index contributed by atoms with van der Waals surface area (Å²) in [5.74, 6) is 0.0116. The zero-order valence-corrected chi connectivity index (χ0v) is 17.3. The molecule has 3 N–H and O–H groups in total. The standard InChI is InChI=1S/C21H30O6S/c1-3-6-15(11-16-7-4-5-8-18(16)23)9-10-19(24)21-17(13-27-2)14-28(25,26)20(21)12-22/h4-5,7-8,11,19-20,22-24H,3,6,9-10,12-14H2,1-2H3/b15-11+/t19-,20+/m1/s1. The molecule has 0 aromatic heterocycles. The second-order valence-corrected chi connectivity index (χ2v) is 9.32. The van der Waals surface area contributed by atoms with E-state index in [0.29, 0.717) is 24.0 Å². The highest BCUT2D eigenvalue weighted by atomic mass is 32.2. The number of allylic oxidation sites excluding steroid dienone is 1. The van der Waals surface area contributed by atoms with Gasteiger partial charge in [-0.3, -0.25) is 0 Å².